The third-order valence-corrected chi connectivity index (χ3v) is 4.37. The smallest absolute Gasteiger partial charge is 0.308 e. The van der Waals surface area contributed by atoms with Crippen molar-refractivity contribution < 1.29 is 19.1 Å². The van der Waals surface area contributed by atoms with Crippen LogP contribution in [0.4, 0.5) is 0 Å². The summed E-state index contributed by atoms with van der Waals surface area (Å²) in [6.45, 7) is 4.83. The van der Waals surface area contributed by atoms with Gasteiger partial charge in [0.2, 0.25) is 5.91 Å². The zero-order valence-corrected chi connectivity index (χ0v) is 15.7. The van der Waals surface area contributed by atoms with Gasteiger partial charge in [-0.15, -0.1) is 0 Å². The van der Waals surface area contributed by atoms with Gasteiger partial charge in [-0.25, -0.2) is 0 Å². The van der Waals surface area contributed by atoms with Crippen LogP contribution in [-0.2, 0) is 14.3 Å². The lowest BCUT2D eigenvalue weighted by Gasteiger charge is -2.36. The van der Waals surface area contributed by atoms with E-state index >= 15 is 0 Å². The summed E-state index contributed by atoms with van der Waals surface area (Å²) in [5.74, 6) is -1.12. The van der Waals surface area contributed by atoms with E-state index in [0.29, 0.717) is 31.7 Å². The quantitative estimate of drug-likeness (QED) is 0.591. The van der Waals surface area contributed by atoms with Crippen LogP contribution in [-0.4, -0.2) is 53.5 Å². The molecule has 0 spiro atoms. The van der Waals surface area contributed by atoms with Crippen molar-refractivity contribution in [2.45, 2.75) is 32.7 Å². The van der Waals surface area contributed by atoms with Gasteiger partial charge in [-0.2, -0.15) is 0 Å². The summed E-state index contributed by atoms with van der Waals surface area (Å²) in [4.78, 5) is 38.1. The zero-order valence-electron chi connectivity index (χ0n) is 14.9. The first kappa shape index (κ1) is 19.8. The Kier molecular flexibility index (Phi) is 7.08. The number of nitrogens with zero attached hydrogens (tertiary/aromatic N) is 1. The highest BCUT2D eigenvalue weighted by atomic mass is 32.1. The van der Waals surface area contributed by atoms with E-state index in [4.69, 9.17) is 17.0 Å². The lowest BCUT2D eigenvalue weighted by Crippen LogP contribution is -2.60. The molecule has 1 aromatic carbocycles. The van der Waals surface area contributed by atoms with E-state index in [1.165, 1.54) is 0 Å². The number of aryl methyl sites for hydroxylation is 1. The normalized spacial score (nSPS) is 16.6. The second-order valence-corrected chi connectivity index (χ2v) is 6.39. The maximum Gasteiger partial charge on any atom is 0.308 e. The molecule has 8 heteroatoms. The number of hydrogen-bond acceptors (Lipinski definition) is 5. The van der Waals surface area contributed by atoms with Gasteiger partial charge in [0.05, 0.1) is 13.0 Å². The second-order valence-electron chi connectivity index (χ2n) is 6.00. The summed E-state index contributed by atoms with van der Waals surface area (Å²) >= 11 is 5.33. The molecule has 7 nitrogen and oxygen atoms in total. The lowest BCUT2D eigenvalue weighted by atomic mass is 10.1. The molecule has 0 bridgehead atoms. The first-order valence-corrected chi connectivity index (χ1v) is 8.95. The van der Waals surface area contributed by atoms with Gasteiger partial charge in [-0.05, 0) is 37.2 Å². The number of rotatable bonds is 5. The lowest BCUT2D eigenvalue weighted by molar-refractivity contribution is -0.147. The van der Waals surface area contributed by atoms with Crippen LogP contribution in [0.1, 0.15) is 35.7 Å². The molecular weight excluding hydrogens is 354 g/mol. The van der Waals surface area contributed by atoms with E-state index < -0.39 is 12.0 Å². The molecule has 0 aliphatic carbocycles. The average Bonchev–Trinajstić information content (AvgIpc) is 2.61. The van der Waals surface area contributed by atoms with Crippen molar-refractivity contribution in [2.75, 3.05) is 19.7 Å². The number of benzene rings is 1. The van der Waals surface area contributed by atoms with Crippen LogP contribution in [0.3, 0.4) is 0 Å². The molecule has 1 saturated heterocycles. The first-order chi connectivity index (χ1) is 12.4. The van der Waals surface area contributed by atoms with E-state index in [-0.39, 0.29) is 23.3 Å². The number of nitrogens with one attached hydrogen (secondary N) is 2. The van der Waals surface area contributed by atoms with Crippen LogP contribution < -0.4 is 10.6 Å². The maximum absolute atomic E-state index is 12.5. The molecular formula is C18H23N3O4S. The van der Waals surface area contributed by atoms with E-state index in [9.17, 15) is 14.4 Å². The number of thiocarbonyl (C=S) groups is 1. The largest absolute Gasteiger partial charge is 0.466 e. The minimum atomic E-state index is -0.794. The molecule has 1 aliphatic rings. The minimum absolute atomic E-state index is 0.119. The third-order valence-electron chi connectivity index (χ3n) is 4.03. The average molecular weight is 377 g/mol. The van der Waals surface area contributed by atoms with Crippen molar-refractivity contribution in [2.24, 2.45) is 0 Å². The molecule has 1 atom stereocenters. The highest BCUT2D eigenvalue weighted by Gasteiger charge is 2.34. The SMILES string of the molecule is CCCOC(=O)C[C@H]1C(=O)NCCN1C(=S)NC(=O)c1ccccc1C. The molecule has 1 fully saturated rings. The number of carbonyl (C=O) groups is 3. The van der Waals surface area contributed by atoms with Crippen LogP contribution in [0.5, 0.6) is 0 Å². The number of hydrogen-bond donors (Lipinski definition) is 2. The van der Waals surface area contributed by atoms with Crippen molar-refractivity contribution in [3.8, 4) is 0 Å². The Morgan fingerprint density at radius 3 is 2.81 bits per heavy atom. The van der Waals surface area contributed by atoms with Gasteiger partial charge in [0, 0.05) is 18.7 Å². The summed E-state index contributed by atoms with van der Waals surface area (Å²) in [7, 11) is 0. The Morgan fingerprint density at radius 1 is 1.38 bits per heavy atom. The Morgan fingerprint density at radius 2 is 2.12 bits per heavy atom. The Bertz CT molecular complexity index is 707. The van der Waals surface area contributed by atoms with Crippen molar-refractivity contribution in [1.29, 1.82) is 0 Å². The number of esters is 1. The van der Waals surface area contributed by atoms with E-state index in [1.54, 1.807) is 17.0 Å². The zero-order chi connectivity index (χ0) is 19.1. The standard InChI is InChI=1S/C18H23N3O4S/c1-3-10-25-15(22)11-14-17(24)19-8-9-21(14)18(26)20-16(23)13-7-5-4-6-12(13)2/h4-7,14H,3,8-11H2,1-2H3,(H,19,24)(H,20,23,26)/t14-/m0/s1. The van der Waals surface area contributed by atoms with Gasteiger partial charge in [-0.3, -0.25) is 19.7 Å². The molecule has 1 aromatic rings. The molecule has 2 rings (SSSR count). The summed E-state index contributed by atoms with van der Waals surface area (Å²) in [5, 5.41) is 5.50. The van der Waals surface area contributed by atoms with Crippen LogP contribution in [0, 0.1) is 6.92 Å². The molecule has 0 unspecified atom stereocenters. The molecule has 0 aromatic heterocycles. The number of piperazine rings is 1. The Hall–Kier alpha value is -2.48. The highest BCUT2D eigenvalue weighted by molar-refractivity contribution is 7.80. The summed E-state index contributed by atoms with van der Waals surface area (Å²) in [6, 6.07) is 6.36. The summed E-state index contributed by atoms with van der Waals surface area (Å²) < 4.78 is 5.06. The van der Waals surface area contributed by atoms with Crippen molar-refractivity contribution in [3.63, 3.8) is 0 Å². The van der Waals surface area contributed by atoms with Gasteiger partial charge in [-0.1, -0.05) is 25.1 Å². The van der Waals surface area contributed by atoms with Crippen LogP contribution in [0.25, 0.3) is 0 Å². The first-order valence-electron chi connectivity index (χ1n) is 8.55. The Labute approximate surface area is 158 Å². The van der Waals surface area contributed by atoms with Crippen LogP contribution >= 0.6 is 12.2 Å². The van der Waals surface area contributed by atoms with Crippen molar-refractivity contribution in [1.82, 2.24) is 15.5 Å². The monoisotopic (exact) mass is 377 g/mol. The fourth-order valence-electron chi connectivity index (χ4n) is 2.66. The van der Waals surface area contributed by atoms with Crippen molar-refractivity contribution in [3.05, 3.63) is 35.4 Å². The molecule has 1 heterocycles. The maximum atomic E-state index is 12.5. The molecule has 140 valence electrons. The fourth-order valence-corrected chi connectivity index (χ4v) is 2.97. The molecule has 1 aliphatic heterocycles. The van der Waals surface area contributed by atoms with Gasteiger partial charge in [0.25, 0.3) is 5.91 Å². The van der Waals surface area contributed by atoms with E-state index in [1.807, 2.05) is 26.0 Å². The minimum Gasteiger partial charge on any atom is -0.466 e. The third kappa shape index (κ3) is 5.01. The van der Waals surface area contributed by atoms with Crippen LogP contribution in [0.2, 0.25) is 0 Å². The summed E-state index contributed by atoms with van der Waals surface area (Å²) in [6.07, 6.45) is 0.587. The fraction of sp³-hybridized carbons (Fsp3) is 0.444. The molecule has 0 saturated carbocycles. The molecule has 2 amide bonds. The van der Waals surface area contributed by atoms with E-state index in [2.05, 4.69) is 10.6 Å². The van der Waals surface area contributed by atoms with Gasteiger partial charge < -0.3 is 15.0 Å². The van der Waals surface area contributed by atoms with Gasteiger partial charge in [0.15, 0.2) is 5.11 Å². The second kappa shape index (κ2) is 9.28. The topological polar surface area (TPSA) is 87.7 Å². The number of ether oxygens (including phenoxy) is 1. The Balaban J connectivity index is 2.06. The predicted molar refractivity (Wildman–Crippen MR) is 101 cm³/mol. The van der Waals surface area contributed by atoms with Crippen molar-refractivity contribution >= 4 is 35.1 Å². The predicted octanol–water partition coefficient (Wildman–Crippen LogP) is 1.15. The van der Waals surface area contributed by atoms with Gasteiger partial charge in [0.1, 0.15) is 6.04 Å². The van der Waals surface area contributed by atoms with E-state index in [0.717, 1.165) is 5.56 Å². The molecule has 0 radical (unpaired) electrons. The highest BCUT2D eigenvalue weighted by Crippen LogP contribution is 2.12. The molecule has 2 N–H and O–H groups in total. The number of amides is 2. The molecule has 26 heavy (non-hydrogen) atoms. The summed E-state index contributed by atoms with van der Waals surface area (Å²) in [5.41, 5.74) is 1.33. The van der Waals surface area contributed by atoms with Crippen LogP contribution in [0.15, 0.2) is 24.3 Å². The van der Waals surface area contributed by atoms with Gasteiger partial charge >= 0.3 is 5.97 Å². The number of carbonyl (C=O) groups excluding carboxylic acids is 3.